The first-order valence-corrected chi connectivity index (χ1v) is 19.8. The molecule has 1 atom stereocenters. The fourth-order valence-corrected chi connectivity index (χ4v) is 11.6. The number of rotatable bonds is 4. The highest BCUT2D eigenvalue weighted by atomic mass is 31.2. The highest BCUT2D eigenvalue weighted by Crippen LogP contribution is 2.52. The second kappa shape index (κ2) is 10.9. The third-order valence-corrected chi connectivity index (χ3v) is 14.2. The molecule has 0 radical (unpaired) electrons. The summed E-state index contributed by atoms with van der Waals surface area (Å²) in [4.78, 5) is 0. The summed E-state index contributed by atoms with van der Waals surface area (Å²) in [6.45, 7) is 0. The maximum absolute atomic E-state index is 16.4. The van der Waals surface area contributed by atoms with Crippen LogP contribution in [0.15, 0.2) is 185 Å². The fraction of sp³-hybridized carbons (Fsp3) is 0. The van der Waals surface area contributed by atoms with E-state index in [9.17, 15) is 0 Å². The Morgan fingerprint density at radius 1 is 0.352 bits per heavy atom. The van der Waals surface area contributed by atoms with Crippen LogP contribution < -0.4 is 10.6 Å². The van der Waals surface area contributed by atoms with E-state index in [1.807, 2.05) is 78.9 Å². The Balaban J connectivity index is 1.11. The highest BCUT2D eigenvalue weighted by Gasteiger charge is 2.33. The van der Waals surface area contributed by atoms with Crippen molar-refractivity contribution in [2.45, 2.75) is 0 Å². The van der Waals surface area contributed by atoms with Crippen LogP contribution >= 0.6 is 7.29 Å². The molecule has 254 valence electrons. The van der Waals surface area contributed by atoms with Gasteiger partial charge in [-0.3, -0.25) is 8.90 Å². The maximum Gasteiger partial charge on any atom is 0.234 e. The molecule has 12 rings (SSSR count). The number of nitrogens with zero attached hydrogens (tertiary/aromatic N) is 2. The molecular formula is C48H29N2O3P. The minimum atomic E-state index is -3.52. The van der Waals surface area contributed by atoms with E-state index >= 15 is 4.57 Å². The van der Waals surface area contributed by atoms with E-state index in [0.717, 1.165) is 98.4 Å². The van der Waals surface area contributed by atoms with Crippen molar-refractivity contribution in [2.75, 3.05) is 0 Å². The van der Waals surface area contributed by atoms with Crippen LogP contribution in [0.1, 0.15) is 0 Å². The lowest BCUT2D eigenvalue weighted by atomic mass is 10.1. The second-order valence-corrected chi connectivity index (χ2v) is 16.6. The first-order chi connectivity index (χ1) is 26.6. The summed E-state index contributed by atoms with van der Waals surface area (Å²) in [5.74, 6) is 0. The molecule has 4 aromatic heterocycles. The number of hydrogen-bond acceptors (Lipinski definition) is 3. The van der Waals surface area contributed by atoms with E-state index in [4.69, 9.17) is 8.83 Å². The maximum atomic E-state index is 16.4. The molecule has 8 aromatic carbocycles. The molecule has 0 aliphatic rings. The molecule has 0 spiro atoms. The molecule has 0 N–H and O–H groups in total. The zero-order chi connectivity index (χ0) is 35.5. The number of aromatic nitrogens is 2. The molecule has 0 aliphatic heterocycles. The van der Waals surface area contributed by atoms with E-state index in [0.29, 0.717) is 0 Å². The van der Waals surface area contributed by atoms with E-state index in [2.05, 4.69) is 106 Å². The van der Waals surface area contributed by atoms with Gasteiger partial charge in [-0.2, -0.15) is 0 Å². The van der Waals surface area contributed by atoms with Crippen LogP contribution in [-0.2, 0) is 4.57 Å². The molecule has 0 amide bonds. The van der Waals surface area contributed by atoms with Gasteiger partial charge in [0.15, 0.2) is 0 Å². The lowest BCUT2D eigenvalue weighted by Crippen LogP contribution is -2.21. The fourth-order valence-electron chi connectivity index (χ4n) is 8.75. The number of benzene rings is 8. The third-order valence-electron chi connectivity index (χ3n) is 11.2. The smallest absolute Gasteiger partial charge is 0.234 e. The van der Waals surface area contributed by atoms with Crippen molar-refractivity contribution in [1.29, 1.82) is 0 Å². The first-order valence-electron chi connectivity index (χ1n) is 18.1. The van der Waals surface area contributed by atoms with E-state index in [1.54, 1.807) is 0 Å². The topological polar surface area (TPSA) is 53.2 Å². The van der Waals surface area contributed by atoms with Crippen molar-refractivity contribution < 1.29 is 13.4 Å². The van der Waals surface area contributed by atoms with Gasteiger partial charge in [-0.1, -0.05) is 91.0 Å². The average Bonchev–Trinajstić information content (AvgIpc) is 3.96. The lowest BCUT2D eigenvalue weighted by molar-refractivity contribution is 0.583. The summed E-state index contributed by atoms with van der Waals surface area (Å²) in [6.07, 6.45) is 0. The van der Waals surface area contributed by atoms with Crippen LogP contribution in [0.5, 0.6) is 0 Å². The van der Waals surface area contributed by atoms with Crippen molar-refractivity contribution in [2.24, 2.45) is 0 Å². The molecule has 54 heavy (non-hydrogen) atoms. The highest BCUT2D eigenvalue weighted by molar-refractivity contribution is 7.77. The van der Waals surface area contributed by atoms with Gasteiger partial charge in [0.2, 0.25) is 7.29 Å². The molecule has 0 fully saturated rings. The van der Waals surface area contributed by atoms with Gasteiger partial charge >= 0.3 is 0 Å². The Hall–Kier alpha value is -6.81. The third kappa shape index (κ3) is 3.96. The first kappa shape index (κ1) is 29.7. The molecule has 0 saturated carbocycles. The Kier molecular flexibility index (Phi) is 5.98. The van der Waals surface area contributed by atoms with Crippen LogP contribution in [0, 0.1) is 0 Å². The summed E-state index contributed by atoms with van der Waals surface area (Å²) < 4.78 is 33.5. The standard InChI is InChI=1S/C48H29N2O3P/c51-54(31-12-2-1-3-13-31,50-42-19-9-5-15-34(42)38-27-40-36-17-7-11-21-46(36)53-48(40)29-44(38)50)32-24-22-30(23-25-32)49-41-18-8-4-14-33(41)37-26-39-35-16-6-10-20-45(35)52-47(39)28-43(37)49/h1-29H. The predicted molar refractivity (Wildman–Crippen MR) is 223 cm³/mol. The summed E-state index contributed by atoms with van der Waals surface area (Å²) in [6, 6.07) is 60.0. The van der Waals surface area contributed by atoms with E-state index in [-0.39, 0.29) is 0 Å². The Morgan fingerprint density at radius 2 is 0.833 bits per heavy atom. The minimum Gasteiger partial charge on any atom is -0.456 e. The second-order valence-electron chi connectivity index (χ2n) is 14.0. The van der Waals surface area contributed by atoms with Gasteiger partial charge in [0.05, 0.1) is 22.1 Å². The summed E-state index contributed by atoms with van der Waals surface area (Å²) in [5, 5.41) is 10.2. The lowest BCUT2D eigenvalue weighted by Gasteiger charge is -2.23. The summed E-state index contributed by atoms with van der Waals surface area (Å²) in [7, 11) is -3.52. The quantitative estimate of drug-likeness (QED) is 0.171. The van der Waals surface area contributed by atoms with Crippen LogP contribution in [0.25, 0.3) is 93.2 Å². The van der Waals surface area contributed by atoms with E-state index in [1.165, 1.54) is 5.39 Å². The molecule has 6 heteroatoms. The van der Waals surface area contributed by atoms with Crippen molar-refractivity contribution in [3.05, 3.63) is 176 Å². The predicted octanol–water partition coefficient (Wildman–Crippen LogP) is 12.5. The van der Waals surface area contributed by atoms with Gasteiger partial charge in [-0.25, -0.2) is 0 Å². The molecule has 4 heterocycles. The number of fused-ring (bicyclic) bond motifs is 12. The molecule has 1 unspecified atom stereocenters. The van der Waals surface area contributed by atoms with Crippen LogP contribution in [-0.4, -0.2) is 8.90 Å². The number of furan rings is 2. The van der Waals surface area contributed by atoms with Crippen LogP contribution in [0.2, 0.25) is 0 Å². The van der Waals surface area contributed by atoms with Gasteiger partial charge < -0.3 is 13.4 Å². The normalized spacial score (nSPS) is 13.4. The summed E-state index contributed by atoms with van der Waals surface area (Å²) >= 11 is 0. The van der Waals surface area contributed by atoms with Crippen molar-refractivity contribution >= 4 is 105 Å². The van der Waals surface area contributed by atoms with Crippen molar-refractivity contribution in [3.63, 3.8) is 0 Å². The van der Waals surface area contributed by atoms with Gasteiger partial charge in [-0.15, -0.1) is 0 Å². The molecule has 0 aliphatic carbocycles. The summed E-state index contributed by atoms with van der Waals surface area (Å²) in [5.41, 5.74) is 8.25. The Bertz CT molecular complexity index is 3530. The Labute approximate surface area is 308 Å². The largest absolute Gasteiger partial charge is 0.456 e. The van der Waals surface area contributed by atoms with Gasteiger partial charge in [-0.05, 0) is 72.8 Å². The molecular weight excluding hydrogens is 684 g/mol. The SMILES string of the molecule is O=P(c1ccccc1)(c1ccc(-n2c3ccccc3c3cc4c(cc32)oc2ccccc24)cc1)n1c2ccccc2c2cc3c(cc21)oc1ccccc13. The van der Waals surface area contributed by atoms with Crippen LogP contribution in [0.3, 0.4) is 0 Å². The number of hydrogen-bond donors (Lipinski definition) is 0. The molecule has 12 aromatic rings. The Morgan fingerprint density at radius 3 is 1.48 bits per heavy atom. The number of para-hydroxylation sites is 4. The molecule has 0 saturated heterocycles. The van der Waals surface area contributed by atoms with E-state index < -0.39 is 7.29 Å². The zero-order valence-corrected chi connectivity index (χ0v) is 29.7. The van der Waals surface area contributed by atoms with Gasteiger partial charge in [0, 0.05) is 71.5 Å². The zero-order valence-electron chi connectivity index (χ0n) is 28.8. The monoisotopic (exact) mass is 712 g/mol. The van der Waals surface area contributed by atoms with Gasteiger partial charge in [0.25, 0.3) is 0 Å². The van der Waals surface area contributed by atoms with Crippen molar-refractivity contribution in [3.8, 4) is 5.69 Å². The van der Waals surface area contributed by atoms with Gasteiger partial charge in [0.1, 0.15) is 22.3 Å². The van der Waals surface area contributed by atoms with Crippen molar-refractivity contribution in [1.82, 2.24) is 8.90 Å². The average molecular weight is 713 g/mol. The molecule has 5 nitrogen and oxygen atoms in total. The van der Waals surface area contributed by atoms with Crippen LogP contribution in [0.4, 0.5) is 0 Å². The minimum absolute atomic E-state index is 0.741. The molecule has 0 bridgehead atoms.